The van der Waals surface area contributed by atoms with Crippen molar-refractivity contribution in [1.82, 2.24) is 5.32 Å². The van der Waals surface area contributed by atoms with Gasteiger partial charge in [-0.3, -0.25) is 9.59 Å². The highest BCUT2D eigenvalue weighted by molar-refractivity contribution is 5.82. The number of hydrogen-bond acceptors (Lipinski definition) is 3. The zero-order valence-corrected chi connectivity index (χ0v) is 11.2. The molecule has 0 bridgehead atoms. The number of rotatable bonds is 6. The van der Waals surface area contributed by atoms with E-state index >= 15 is 0 Å². The first kappa shape index (κ1) is 14.5. The molecule has 0 spiro atoms. The topological polar surface area (TPSA) is 75.6 Å². The Morgan fingerprint density at radius 2 is 2.10 bits per heavy atom. The summed E-state index contributed by atoms with van der Waals surface area (Å²) >= 11 is 0. The smallest absolute Gasteiger partial charge is 0.309 e. The van der Waals surface area contributed by atoms with Crippen molar-refractivity contribution in [2.45, 2.75) is 31.9 Å². The zero-order valence-electron chi connectivity index (χ0n) is 11.2. The SMILES string of the molecule is O=C(C[C@@H](C(=O)O)[C@H]1CCCO1)NCc1ccccc1. The highest BCUT2D eigenvalue weighted by atomic mass is 16.5. The van der Waals surface area contributed by atoms with E-state index < -0.39 is 11.9 Å². The molecule has 1 aliphatic rings. The molecule has 1 aromatic carbocycles. The standard InChI is InChI=1S/C15H19NO4/c17-14(16-10-11-5-2-1-3-6-11)9-12(15(18)19)13-7-4-8-20-13/h1-3,5-6,12-13H,4,7-10H2,(H,16,17)(H,18,19)/t12-,13-/m1/s1. The minimum atomic E-state index is -0.966. The molecule has 1 saturated heterocycles. The second-order valence-electron chi connectivity index (χ2n) is 4.96. The van der Waals surface area contributed by atoms with Crippen molar-refractivity contribution in [3.8, 4) is 0 Å². The first-order valence-corrected chi connectivity index (χ1v) is 6.82. The van der Waals surface area contributed by atoms with Crippen molar-refractivity contribution < 1.29 is 19.4 Å². The zero-order chi connectivity index (χ0) is 14.4. The predicted octanol–water partition coefficient (Wildman–Crippen LogP) is 1.57. The van der Waals surface area contributed by atoms with Gasteiger partial charge < -0.3 is 15.2 Å². The van der Waals surface area contributed by atoms with Crippen LogP contribution >= 0.6 is 0 Å². The van der Waals surface area contributed by atoms with Gasteiger partial charge in [0.25, 0.3) is 0 Å². The maximum absolute atomic E-state index is 11.9. The van der Waals surface area contributed by atoms with E-state index in [0.29, 0.717) is 19.6 Å². The van der Waals surface area contributed by atoms with Gasteiger partial charge in [0, 0.05) is 19.6 Å². The van der Waals surface area contributed by atoms with Crippen LogP contribution in [-0.2, 0) is 20.9 Å². The van der Waals surface area contributed by atoms with Crippen molar-refractivity contribution >= 4 is 11.9 Å². The Labute approximate surface area is 117 Å². The summed E-state index contributed by atoms with van der Waals surface area (Å²) in [6.45, 7) is 0.998. The average Bonchev–Trinajstić information content (AvgIpc) is 2.97. The van der Waals surface area contributed by atoms with Gasteiger partial charge in [-0.25, -0.2) is 0 Å². The van der Waals surface area contributed by atoms with Gasteiger partial charge in [-0.15, -0.1) is 0 Å². The number of carboxylic acid groups (broad SMARTS) is 1. The Morgan fingerprint density at radius 1 is 1.35 bits per heavy atom. The fourth-order valence-corrected chi connectivity index (χ4v) is 2.37. The van der Waals surface area contributed by atoms with Crippen LogP contribution in [0.15, 0.2) is 30.3 Å². The van der Waals surface area contributed by atoms with Crippen LogP contribution in [0.5, 0.6) is 0 Å². The summed E-state index contributed by atoms with van der Waals surface area (Å²) < 4.78 is 5.38. The number of carbonyl (C=O) groups excluding carboxylic acids is 1. The second kappa shape index (κ2) is 7.05. The molecule has 1 aromatic rings. The molecule has 1 aliphatic heterocycles. The molecule has 0 unspecified atom stereocenters. The first-order chi connectivity index (χ1) is 9.66. The molecule has 2 N–H and O–H groups in total. The molecular formula is C15H19NO4. The Kier molecular flexibility index (Phi) is 5.12. The highest BCUT2D eigenvalue weighted by Gasteiger charge is 2.33. The van der Waals surface area contributed by atoms with E-state index in [9.17, 15) is 14.7 Å². The predicted molar refractivity (Wildman–Crippen MR) is 73.0 cm³/mol. The largest absolute Gasteiger partial charge is 0.481 e. The van der Waals surface area contributed by atoms with Crippen molar-refractivity contribution in [3.63, 3.8) is 0 Å². The van der Waals surface area contributed by atoms with Crippen LogP contribution in [0.4, 0.5) is 0 Å². The van der Waals surface area contributed by atoms with E-state index in [0.717, 1.165) is 12.0 Å². The van der Waals surface area contributed by atoms with E-state index in [2.05, 4.69) is 5.32 Å². The lowest BCUT2D eigenvalue weighted by Gasteiger charge is -2.18. The van der Waals surface area contributed by atoms with Crippen LogP contribution in [0, 0.1) is 5.92 Å². The molecule has 0 radical (unpaired) electrons. The van der Waals surface area contributed by atoms with Gasteiger partial charge in [0.15, 0.2) is 0 Å². The Morgan fingerprint density at radius 3 is 2.70 bits per heavy atom. The normalized spacial score (nSPS) is 19.5. The number of amides is 1. The van der Waals surface area contributed by atoms with Crippen molar-refractivity contribution in [1.29, 1.82) is 0 Å². The summed E-state index contributed by atoms with van der Waals surface area (Å²) in [4.78, 5) is 23.1. The van der Waals surface area contributed by atoms with Gasteiger partial charge in [-0.2, -0.15) is 0 Å². The van der Waals surface area contributed by atoms with Gasteiger partial charge in [0.05, 0.1) is 12.0 Å². The van der Waals surface area contributed by atoms with Gasteiger partial charge in [-0.1, -0.05) is 30.3 Å². The number of benzene rings is 1. The molecule has 5 nitrogen and oxygen atoms in total. The number of nitrogens with one attached hydrogen (secondary N) is 1. The van der Waals surface area contributed by atoms with Gasteiger partial charge in [0.1, 0.15) is 0 Å². The molecule has 20 heavy (non-hydrogen) atoms. The second-order valence-corrected chi connectivity index (χ2v) is 4.96. The summed E-state index contributed by atoms with van der Waals surface area (Å²) in [7, 11) is 0. The maximum Gasteiger partial charge on any atom is 0.309 e. The summed E-state index contributed by atoms with van der Waals surface area (Å²) in [5.41, 5.74) is 0.991. The molecule has 2 atom stereocenters. The number of aliphatic carboxylic acids is 1. The Bertz CT molecular complexity index is 454. The van der Waals surface area contributed by atoms with Crippen LogP contribution in [-0.4, -0.2) is 29.7 Å². The highest BCUT2D eigenvalue weighted by Crippen LogP contribution is 2.23. The first-order valence-electron chi connectivity index (χ1n) is 6.82. The monoisotopic (exact) mass is 277 g/mol. The van der Waals surface area contributed by atoms with E-state index in [1.807, 2.05) is 30.3 Å². The van der Waals surface area contributed by atoms with E-state index in [1.54, 1.807) is 0 Å². The van der Waals surface area contributed by atoms with E-state index in [-0.39, 0.29) is 18.4 Å². The number of ether oxygens (including phenoxy) is 1. The van der Waals surface area contributed by atoms with Gasteiger partial charge in [0.2, 0.25) is 5.91 Å². The van der Waals surface area contributed by atoms with E-state index in [1.165, 1.54) is 0 Å². The lowest BCUT2D eigenvalue weighted by atomic mass is 9.96. The van der Waals surface area contributed by atoms with Crippen LogP contribution in [0.1, 0.15) is 24.8 Å². The fraction of sp³-hybridized carbons (Fsp3) is 0.467. The summed E-state index contributed by atoms with van der Waals surface area (Å²) in [6.07, 6.45) is 1.20. The third-order valence-electron chi connectivity index (χ3n) is 3.47. The van der Waals surface area contributed by atoms with E-state index in [4.69, 9.17) is 4.74 Å². The molecule has 1 heterocycles. The average molecular weight is 277 g/mol. The number of carboxylic acids is 1. The lowest BCUT2D eigenvalue weighted by molar-refractivity contribution is -0.148. The minimum absolute atomic E-state index is 0.0349. The van der Waals surface area contributed by atoms with Crippen LogP contribution in [0.25, 0.3) is 0 Å². The molecule has 1 amide bonds. The Hall–Kier alpha value is -1.88. The summed E-state index contributed by atoms with van der Waals surface area (Å²) in [5, 5.41) is 12.0. The number of carbonyl (C=O) groups is 2. The fourth-order valence-electron chi connectivity index (χ4n) is 2.37. The van der Waals surface area contributed by atoms with Crippen molar-refractivity contribution in [2.75, 3.05) is 6.61 Å². The quantitative estimate of drug-likeness (QED) is 0.827. The number of hydrogen-bond donors (Lipinski definition) is 2. The summed E-state index contributed by atoms with van der Waals surface area (Å²) in [6, 6.07) is 9.52. The van der Waals surface area contributed by atoms with Crippen LogP contribution in [0.3, 0.4) is 0 Å². The summed E-state index contributed by atoms with van der Waals surface area (Å²) in [5.74, 6) is -1.98. The molecule has 0 saturated carbocycles. The van der Waals surface area contributed by atoms with Crippen LogP contribution < -0.4 is 5.32 Å². The third-order valence-corrected chi connectivity index (χ3v) is 3.47. The molecule has 0 aliphatic carbocycles. The van der Waals surface area contributed by atoms with Gasteiger partial charge >= 0.3 is 5.97 Å². The Balaban J connectivity index is 1.84. The molecule has 2 rings (SSSR count). The van der Waals surface area contributed by atoms with Crippen LogP contribution in [0.2, 0.25) is 0 Å². The molecular weight excluding hydrogens is 258 g/mol. The van der Waals surface area contributed by atoms with Crippen molar-refractivity contribution in [3.05, 3.63) is 35.9 Å². The van der Waals surface area contributed by atoms with Gasteiger partial charge in [-0.05, 0) is 18.4 Å². The molecule has 108 valence electrons. The lowest BCUT2D eigenvalue weighted by Crippen LogP contribution is -2.34. The minimum Gasteiger partial charge on any atom is -0.481 e. The van der Waals surface area contributed by atoms with Crippen molar-refractivity contribution in [2.24, 2.45) is 5.92 Å². The maximum atomic E-state index is 11.9. The molecule has 5 heteroatoms. The third kappa shape index (κ3) is 4.06. The molecule has 0 aromatic heterocycles. The molecule has 1 fully saturated rings.